The van der Waals surface area contributed by atoms with Crippen LogP contribution in [-0.4, -0.2) is 35.0 Å². The van der Waals surface area contributed by atoms with E-state index in [4.69, 9.17) is 4.74 Å². The highest BCUT2D eigenvalue weighted by Crippen LogP contribution is 2.35. The predicted molar refractivity (Wildman–Crippen MR) is 63.7 cm³/mol. The van der Waals surface area contributed by atoms with Gasteiger partial charge in [-0.15, -0.1) is 0 Å². The van der Waals surface area contributed by atoms with Gasteiger partial charge < -0.3 is 9.64 Å². The average Bonchev–Trinajstić information content (AvgIpc) is 2.58. The smallest absolute Gasteiger partial charge is 0.410 e. The van der Waals surface area contributed by atoms with Crippen molar-refractivity contribution in [2.75, 3.05) is 6.54 Å². The molecular formula is C13H21NO3. The first-order valence-electron chi connectivity index (χ1n) is 6.41. The first-order valence-corrected chi connectivity index (χ1v) is 6.41. The van der Waals surface area contributed by atoms with Gasteiger partial charge in [-0.1, -0.05) is 0 Å². The Morgan fingerprint density at radius 2 is 2.06 bits per heavy atom. The fourth-order valence-corrected chi connectivity index (χ4v) is 2.81. The second kappa shape index (κ2) is 4.31. The summed E-state index contributed by atoms with van der Waals surface area (Å²) in [5.41, 5.74) is -0.466. The second-order valence-electron chi connectivity index (χ2n) is 5.99. The number of hydrogen-bond acceptors (Lipinski definition) is 3. The number of nitrogens with zero attached hydrogens (tertiary/aromatic N) is 1. The van der Waals surface area contributed by atoms with E-state index < -0.39 is 5.60 Å². The number of rotatable bonds is 0. The van der Waals surface area contributed by atoms with E-state index in [-0.39, 0.29) is 18.1 Å². The maximum Gasteiger partial charge on any atom is 0.410 e. The quantitative estimate of drug-likeness (QED) is 0.652. The minimum atomic E-state index is -0.466. The van der Waals surface area contributed by atoms with Crippen LogP contribution in [0.1, 0.15) is 46.5 Å². The Bertz CT molecular complexity index is 332. The third kappa shape index (κ3) is 2.61. The molecule has 0 aromatic rings. The van der Waals surface area contributed by atoms with Crippen molar-refractivity contribution in [1.29, 1.82) is 0 Å². The zero-order chi connectivity index (χ0) is 12.6. The third-order valence-electron chi connectivity index (χ3n) is 3.51. The SMILES string of the molecule is CC(C)(C)OC(=O)N1CCC[C@@H]2C(=O)CC[C@@H]21. The van der Waals surface area contributed by atoms with Crippen LogP contribution in [0.3, 0.4) is 0 Å². The van der Waals surface area contributed by atoms with E-state index in [9.17, 15) is 9.59 Å². The van der Waals surface area contributed by atoms with E-state index in [1.54, 1.807) is 4.90 Å². The van der Waals surface area contributed by atoms with E-state index in [1.165, 1.54) is 0 Å². The van der Waals surface area contributed by atoms with Crippen molar-refractivity contribution in [1.82, 2.24) is 4.90 Å². The summed E-state index contributed by atoms with van der Waals surface area (Å²) in [6, 6.07) is 0.0890. The maximum atomic E-state index is 12.1. The summed E-state index contributed by atoms with van der Waals surface area (Å²) in [5.74, 6) is 0.388. The summed E-state index contributed by atoms with van der Waals surface area (Å²) in [6.07, 6.45) is 3.01. The van der Waals surface area contributed by atoms with Crippen LogP contribution in [0.4, 0.5) is 4.79 Å². The lowest BCUT2D eigenvalue weighted by atomic mass is 9.92. The van der Waals surface area contributed by atoms with Gasteiger partial charge in [0.05, 0.1) is 0 Å². The van der Waals surface area contributed by atoms with Gasteiger partial charge in [0.2, 0.25) is 0 Å². The third-order valence-corrected chi connectivity index (χ3v) is 3.51. The van der Waals surface area contributed by atoms with E-state index in [1.807, 2.05) is 20.8 Å². The number of likely N-dealkylation sites (tertiary alicyclic amines) is 1. The monoisotopic (exact) mass is 239 g/mol. The average molecular weight is 239 g/mol. The number of carbonyl (C=O) groups excluding carboxylic acids is 2. The molecule has 0 unspecified atom stereocenters. The first kappa shape index (κ1) is 12.4. The molecule has 2 aliphatic rings. The predicted octanol–water partition coefficient (Wildman–Crippen LogP) is 2.37. The van der Waals surface area contributed by atoms with Gasteiger partial charge in [-0.25, -0.2) is 4.79 Å². The van der Waals surface area contributed by atoms with Crippen molar-refractivity contribution in [3.63, 3.8) is 0 Å². The molecule has 4 heteroatoms. The van der Waals surface area contributed by atoms with Gasteiger partial charge in [0, 0.05) is 24.9 Å². The van der Waals surface area contributed by atoms with Gasteiger partial charge in [-0.3, -0.25) is 4.79 Å². The van der Waals surface area contributed by atoms with Crippen LogP contribution in [0.15, 0.2) is 0 Å². The van der Waals surface area contributed by atoms with Crippen molar-refractivity contribution >= 4 is 11.9 Å². The van der Waals surface area contributed by atoms with Crippen LogP contribution in [-0.2, 0) is 9.53 Å². The minimum absolute atomic E-state index is 0.0660. The highest BCUT2D eigenvalue weighted by molar-refractivity contribution is 5.85. The molecule has 1 aliphatic heterocycles. The lowest BCUT2D eigenvalue weighted by Crippen LogP contribution is -2.49. The standard InChI is InChI=1S/C13H21NO3/c1-13(2,3)17-12(16)14-8-4-5-9-10(14)6-7-11(9)15/h9-10H,4-8H2,1-3H3/t9-,10-/m0/s1. The molecule has 2 fully saturated rings. The molecule has 0 spiro atoms. The molecule has 1 aliphatic carbocycles. The van der Waals surface area contributed by atoms with Crippen molar-refractivity contribution < 1.29 is 14.3 Å². The van der Waals surface area contributed by atoms with Crippen LogP contribution in [0.25, 0.3) is 0 Å². The molecule has 0 aromatic heterocycles. The fraction of sp³-hybridized carbons (Fsp3) is 0.846. The van der Waals surface area contributed by atoms with Gasteiger partial charge >= 0.3 is 6.09 Å². The van der Waals surface area contributed by atoms with E-state index >= 15 is 0 Å². The highest BCUT2D eigenvalue weighted by atomic mass is 16.6. The summed E-state index contributed by atoms with van der Waals surface area (Å²) >= 11 is 0. The molecular weight excluding hydrogens is 218 g/mol. The molecule has 0 bridgehead atoms. The number of carbonyl (C=O) groups is 2. The lowest BCUT2D eigenvalue weighted by molar-refractivity contribution is -0.122. The molecule has 1 saturated heterocycles. The number of amides is 1. The van der Waals surface area contributed by atoms with Gasteiger partial charge in [-0.05, 0) is 40.0 Å². The van der Waals surface area contributed by atoms with Crippen molar-refractivity contribution in [3.05, 3.63) is 0 Å². The number of Topliss-reactive ketones (excluding diaryl/α,β-unsaturated/α-hetero) is 1. The summed E-state index contributed by atoms with van der Waals surface area (Å²) in [4.78, 5) is 25.5. The zero-order valence-electron chi connectivity index (χ0n) is 10.9. The van der Waals surface area contributed by atoms with Crippen LogP contribution >= 0.6 is 0 Å². The van der Waals surface area contributed by atoms with Gasteiger partial charge in [0.1, 0.15) is 11.4 Å². The number of piperidine rings is 1. The van der Waals surface area contributed by atoms with Crippen LogP contribution in [0.5, 0.6) is 0 Å². The molecule has 0 radical (unpaired) electrons. The summed E-state index contributed by atoms with van der Waals surface area (Å²) in [7, 11) is 0. The molecule has 0 aromatic carbocycles. The summed E-state index contributed by atoms with van der Waals surface area (Å²) in [5, 5.41) is 0. The number of ether oxygens (including phenoxy) is 1. The van der Waals surface area contributed by atoms with E-state index in [0.717, 1.165) is 25.8 Å². The fourth-order valence-electron chi connectivity index (χ4n) is 2.81. The molecule has 0 N–H and O–H groups in total. The minimum Gasteiger partial charge on any atom is -0.444 e. The molecule has 96 valence electrons. The van der Waals surface area contributed by atoms with Crippen LogP contribution in [0.2, 0.25) is 0 Å². The Kier molecular flexibility index (Phi) is 3.15. The Morgan fingerprint density at radius 3 is 2.71 bits per heavy atom. The second-order valence-corrected chi connectivity index (χ2v) is 5.99. The molecule has 1 amide bonds. The van der Waals surface area contributed by atoms with E-state index in [0.29, 0.717) is 12.2 Å². The highest BCUT2D eigenvalue weighted by Gasteiger charge is 2.43. The van der Waals surface area contributed by atoms with Crippen LogP contribution < -0.4 is 0 Å². The maximum absolute atomic E-state index is 12.1. The van der Waals surface area contributed by atoms with Gasteiger partial charge in [-0.2, -0.15) is 0 Å². The number of hydrogen-bond donors (Lipinski definition) is 0. The summed E-state index contributed by atoms with van der Waals surface area (Å²) in [6.45, 7) is 6.33. The van der Waals surface area contributed by atoms with Crippen molar-refractivity contribution in [3.8, 4) is 0 Å². The van der Waals surface area contributed by atoms with Crippen molar-refractivity contribution in [2.45, 2.75) is 58.1 Å². The molecule has 17 heavy (non-hydrogen) atoms. The van der Waals surface area contributed by atoms with Gasteiger partial charge in [0.25, 0.3) is 0 Å². The molecule has 4 nitrogen and oxygen atoms in total. The van der Waals surface area contributed by atoms with Crippen molar-refractivity contribution in [2.24, 2.45) is 5.92 Å². The Balaban J connectivity index is 2.05. The normalized spacial score (nSPS) is 29.1. The Labute approximate surface area is 102 Å². The largest absolute Gasteiger partial charge is 0.444 e. The van der Waals surface area contributed by atoms with E-state index in [2.05, 4.69) is 0 Å². The number of fused-ring (bicyclic) bond motifs is 1. The van der Waals surface area contributed by atoms with Gasteiger partial charge in [0.15, 0.2) is 0 Å². The Morgan fingerprint density at radius 1 is 1.35 bits per heavy atom. The zero-order valence-corrected chi connectivity index (χ0v) is 10.9. The molecule has 1 heterocycles. The molecule has 2 atom stereocenters. The Hall–Kier alpha value is -1.06. The first-order chi connectivity index (χ1) is 7.88. The lowest BCUT2D eigenvalue weighted by Gasteiger charge is -2.37. The number of ketones is 1. The topological polar surface area (TPSA) is 46.6 Å². The van der Waals surface area contributed by atoms with Crippen LogP contribution in [0, 0.1) is 5.92 Å². The molecule has 1 saturated carbocycles. The summed E-state index contributed by atoms with van der Waals surface area (Å²) < 4.78 is 5.40. The molecule has 2 rings (SSSR count).